The molecule has 2 heterocycles. The van der Waals surface area contributed by atoms with Crippen LogP contribution in [0.3, 0.4) is 0 Å². The number of rotatable bonds is 2. The third-order valence-corrected chi connectivity index (χ3v) is 1.77. The van der Waals surface area contributed by atoms with Crippen LogP contribution in [-0.2, 0) is 0 Å². The van der Waals surface area contributed by atoms with E-state index in [4.69, 9.17) is 15.3 Å². The van der Waals surface area contributed by atoms with E-state index >= 15 is 0 Å². The topological polar surface area (TPSA) is 105 Å². The lowest BCUT2D eigenvalue weighted by atomic mass is 10.2. The van der Waals surface area contributed by atoms with Gasteiger partial charge in [-0.3, -0.25) is 5.10 Å². The number of H-pyrrole nitrogens is 1. The zero-order chi connectivity index (χ0) is 10.1. The number of nitrogens with one attached hydrogen (secondary N) is 1. The molecule has 0 aromatic carbocycles. The Bertz CT molecular complexity index is 458. The van der Waals surface area contributed by atoms with Crippen LogP contribution in [0.1, 0.15) is 10.5 Å². The van der Waals surface area contributed by atoms with Crippen molar-refractivity contribution < 1.29 is 14.3 Å². The first-order valence-corrected chi connectivity index (χ1v) is 3.81. The number of hydrogen-bond acceptors (Lipinski definition) is 4. The normalized spacial score (nSPS) is 10.3. The quantitative estimate of drug-likeness (QED) is 0.658. The third kappa shape index (κ3) is 1.13. The number of anilines is 1. The lowest BCUT2D eigenvalue weighted by Crippen LogP contribution is -2.01. The molecule has 2 aromatic rings. The molecular weight excluding hydrogens is 186 g/mol. The van der Waals surface area contributed by atoms with E-state index in [1.165, 1.54) is 6.26 Å². The van der Waals surface area contributed by atoms with Crippen molar-refractivity contribution in [1.82, 2.24) is 10.2 Å². The standard InChI is InChI=1S/C8H7N3O3/c9-5-6(4-2-1-3-14-4)10-11-7(5)8(12)13/h1-3H,9H2,(H,10,11)(H,12,13). The number of aromatic nitrogens is 2. The molecule has 72 valence electrons. The average molecular weight is 193 g/mol. The van der Waals surface area contributed by atoms with E-state index in [1.807, 2.05) is 0 Å². The van der Waals surface area contributed by atoms with Crippen molar-refractivity contribution in [3.8, 4) is 11.5 Å². The van der Waals surface area contributed by atoms with Gasteiger partial charge >= 0.3 is 5.97 Å². The summed E-state index contributed by atoms with van der Waals surface area (Å²) < 4.78 is 5.05. The molecule has 2 aromatic heterocycles. The molecule has 0 aliphatic heterocycles. The van der Waals surface area contributed by atoms with Crippen molar-refractivity contribution in [1.29, 1.82) is 0 Å². The van der Waals surface area contributed by atoms with Crippen LogP contribution < -0.4 is 5.73 Å². The molecule has 6 heteroatoms. The smallest absolute Gasteiger partial charge is 0.358 e. The zero-order valence-electron chi connectivity index (χ0n) is 7.02. The highest BCUT2D eigenvalue weighted by atomic mass is 16.4. The largest absolute Gasteiger partial charge is 0.476 e. The van der Waals surface area contributed by atoms with Gasteiger partial charge in [-0.05, 0) is 12.1 Å². The summed E-state index contributed by atoms with van der Waals surface area (Å²) in [6.07, 6.45) is 1.47. The highest BCUT2D eigenvalue weighted by Gasteiger charge is 2.18. The molecule has 0 fully saturated rings. The van der Waals surface area contributed by atoms with Gasteiger partial charge in [-0.25, -0.2) is 4.79 Å². The third-order valence-electron chi connectivity index (χ3n) is 1.77. The van der Waals surface area contributed by atoms with Crippen LogP contribution in [0.15, 0.2) is 22.8 Å². The SMILES string of the molecule is Nc1c(C(=O)O)n[nH]c1-c1ccco1. The molecule has 14 heavy (non-hydrogen) atoms. The van der Waals surface area contributed by atoms with Crippen molar-refractivity contribution in [2.75, 3.05) is 5.73 Å². The van der Waals surface area contributed by atoms with E-state index in [0.717, 1.165) is 0 Å². The highest BCUT2D eigenvalue weighted by Crippen LogP contribution is 2.25. The number of furan rings is 1. The fourth-order valence-corrected chi connectivity index (χ4v) is 1.12. The first-order chi connectivity index (χ1) is 6.70. The van der Waals surface area contributed by atoms with Gasteiger partial charge in [-0.15, -0.1) is 0 Å². The Morgan fingerprint density at radius 2 is 2.43 bits per heavy atom. The Labute approximate surface area is 78.3 Å². The zero-order valence-corrected chi connectivity index (χ0v) is 7.02. The summed E-state index contributed by atoms with van der Waals surface area (Å²) in [4.78, 5) is 10.6. The summed E-state index contributed by atoms with van der Waals surface area (Å²) in [5.41, 5.74) is 5.82. The molecule has 0 radical (unpaired) electrons. The van der Waals surface area contributed by atoms with Crippen LogP contribution in [0.5, 0.6) is 0 Å². The Balaban J connectivity index is 2.52. The molecule has 2 rings (SSSR count). The Morgan fingerprint density at radius 1 is 1.64 bits per heavy atom. The molecule has 0 aliphatic rings. The fourth-order valence-electron chi connectivity index (χ4n) is 1.12. The van der Waals surface area contributed by atoms with Gasteiger partial charge in [0.25, 0.3) is 0 Å². The van der Waals surface area contributed by atoms with Crippen molar-refractivity contribution in [2.24, 2.45) is 0 Å². The number of hydrogen-bond donors (Lipinski definition) is 3. The number of aromatic carboxylic acids is 1. The molecule has 0 bridgehead atoms. The van der Waals surface area contributed by atoms with Gasteiger partial charge in [0, 0.05) is 0 Å². The van der Waals surface area contributed by atoms with Crippen molar-refractivity contribution in [2.45, 2.75) is 0 Å². The van der Waals surface area contributed by atoms with E-state index in [-0.39, 0.29) is 11.4 Å². The highest BCUT2D eigenvalue weighted by molar-refractivity contribution is 5.95. The maximum atomic E-state index is 10.6. The molecule has 0 atom stereocenters. The number of carbonyl (C=O) groups is 1. The fraction of sp³-hybridized carbons (Fsp3) is 0. The second kappa shape index (κ2) is 2.91. The van der Waals surface area contributed by atoms with E-state index in [0.29, 0.717) is 11.5 Å². The second-order valence-electron chi connectivity index (χ2n) is 2.64. The van der Waals surface area contributed by atoms with E-state index < -0.39 is 5.97 Å². The molecule has 6 nitrogen and oxygen atoms in total. The van der Waals surface area contributed by atoms with Gasteiger partial charge in [0.05, 0.1) is 12.0 Å². The number of carboxylic acid groups (broad SMARTS) is 1. The Kier molecular flexibility index (Phi) is 1.74. The maximum absolute atomic E-state index is 10.6. The predicted molar refractivity (Wildman–Crippen MR) is 47.7 cm³/mol. The summed E-state index contributed by atoms with van der Waals surface area (Å²) in [6.45, 7) is 0. The summed E-state index contributed by atoms with van der Waals surface area (Å²) in [6, 6.07) is 3.34. The predicted octanol–water partition coefficient (Wildman–Crippen LogP) is 0.950. The first-order valence-electron chi connectivity index (χ1n) is 3.81. The number of aromatic amines is 1. The van der Waals surface area contributed by atoms with E-state index in [9.17, 15) is 4.79 Å². The van der Waals surface area contributed by atoms with Crippen LogP contribution in [0, 0.1) is 0 Å². The summed E-state index contributed by atoms with van der Waals surface area (Å²) in [7, 11) is 0. The molecular formula is C8H7N3O3. The van der Waals surface area contributed by atoms with Crippen LogP contribution >= 0.6 is 0 Å². The monoisotopic (exact) mass is 193 g/mol. The molecule has 0 saturated carbocycles. The first kappa shape index (κ1) is 8.36. The lowest BCUT2D eigenvalue weighted by Gasteiger charge is -1.93. The van der Waals surface area contributed by atoms with Crippen molar-refractivity contribution in [3.63, 3.8) is 0 Å². The van der Waals surface area contributed by atoms with Crippen LogP contribution in [0.4, 0.5) is 5.69 Å². The van der Waals surface area contributed by atoms with Crippen molar-refractivity contribution >= 4 is 11.7 Å². The number of nitrogens with two attached hydrogens (primary N) is 1. The van der Waals surface area contributed by atoms with Crippen molar-refractivity contribution in [3.05, 3.63) is 24.1 Å². The molecule has 4 N–H and O–H groups in total. The van der Waals surface area contributed by atoms with Gasteiger partial charge in [-0.2, -0.15) is 5.10 Å². The second-order valence-corrected chi connectivity index (χ2v) is 2.64. The Morgan fingerprint density at radius 3 is 2.93 bits per heavy atom. The summed E-state index contributed by atoms with van der Waals surface area (Å²) in [5, 5.41) is 14.8. The van der Waals surface area contributed by atoms with Crippen LogP contribution in [0.2, 0.25) is 0 Å². The number of nitrogens with zero attached hydrogens (tertiary/aromatic N) is 1. The van der Waals surface area contributed by atoms with Crippen LogP contribution in [-0.4, -0.2) is 21.3 Å². The molecule has 0 saturated heterocycles. The van der Waals surface area contributed by atoms with Crippen LogP contribution in [0.25, 0.3) is 11.5 Å². The number of carboxylic acids is 1. The average Bonchev–Trinajstić information content (AvgIpc) is 2.71. The minimum absolute atomic E-state index is 0.0763. The molecule has 0 spiro atoms. The molecule has 0 unspecified atom stereocenters. The minimum Gasteiger partial charge on any atom is -0.476 e. The summed E-state index contributed by atoms with van der Waals surface area (Å²) >= 11 is 0. The van der Waals surface area contributed by atoms with E-state index in [1.54, 1.807) is 12.1 Å². The Hall–Kier alpha value is -2.24. The summed E-state index contributed by atoms with van der Waals surface area (Å²) in [5.74, 6) is -0.709. The maximum Gasteiger partial charge on any atom is 0.358 e. The van der Waals surface area contributed by atoms with Gasteiger partial charge in [0.2, 0.25) is 0 Å². The minimum atomic E-state index is -1.17. The van der Waals surface area contributed by atoms with Gasteiger partial charge in [-0.1, -0.05) is 0 Å². The number of nitrogen functional groups attached to an aromatic ring is 1. The van der Waals surface area contributed by atoms with Gasteiger partial charge in [0.15, 0.2) is 11.5 Å². The molecule has 0 aliphatic carbocycles. The van der Waals surface area contributed by atoms with Gasteiger partial charge in [0.1, 0.15) is 5.69 Å². The lowest BCUT2D eigenvalue weighted by molar-refractivity contribution is 0.0691. The van der Waals surface area contributed by atoms with Gasteiger partial charge < -0.3 is 15.3 Å². The molecule has 0 amide bonds. The van der Waals surface area contributed by atoms with E-state index in [2.05, 4.69) is 10.2 Å².